The zero-order valence-corrected chi connectivity index (χ0v) is 25.1. The SMILES string of the molecule is CC(=O)[C@@H](CC(=O)[C@H](CC(C)C)NC(=O)[C@H](CCc1ccccc1)CC(=O)CN1CCCCC1)Cc1ccccc1. The Morgan fingerprint density at radius 3 is 2.00 bits per heavy atom. The number of carbonyl (C=O) groups is 4. The van der Waals surface area contributed by atoms with Crippen molar-refractivity contribution < 1.29 is 19.2 Å². The number of rotatable bonds is 17. The van der Waals surface area contributed by atoms with E-state index in [-0.39, 0.29) is 42.0 Å². The van der Waals surface area contributed by atoms with Crippen molar-refractivity contribution in [2.75, 3.05) is 19.6 Å². The summed E-state index contributed by atoms with van der Waals surface area (Å²) >= 11 is 0. The summed E-state index contributed by atoms with van der Waals surface area (Å²) in [7, 11) is 0. The van der Waals surface area contributed by atoms with Crippen LogP contribution in [0.25, 0.3) is 0 Å². The van der Waals surface area contributed by atoms with Crippen LogP contribution < -0.4 is 5.32 Å². The zero-order valence-electron chi connectivity index (χ0n) is 25.1. The Kier molecular flexibility index (Phi) is 13.4. The predicted octanol–water partition coefficient (Wildman–Crippen LogP) is 5.62. The fourth-order valence-electron chi connectivity index (χ4n) is 5.69. The maximum Gasteiger partial charge on any atom is 0.224 e. The molecule has 6 nitrogen and oxygen atoms in total. The van der Waals surface area contributed by atoms with E-state index < -0.39 is 17.9 Å². The largest absolute Gasteiger partial charge is 0.346 e. The number of benzene rings is 2. The molecule has 6 heteroatoms. The summed E-state index contributed by atoms with van der Waals surface area (Å²) in [5.41, 5.74) is 2.13. The molecule has 1 fully saturated rings. The van der Waals surface area contributed by atoms with Crippen LogP contribution in [0.4, 0.5) is 0 Å². The van der Waals surface area contributed by atoms with Gasteiger partial charge in [-0.15, -0.1) is 0 Å². The second kappa shape index (κ2) is 17.0. The summed E-state index contributed by atoms with van der Waals surface area (Å²) in [5.74, 6) is -1.08. The maximum atomic E-state index is 13.7. The van der Waals surface area contributed by atoms with Gasteiger partial charge < -0.3 is 5.32 Å². The van der Waals surface area contributed by atoms with Crippen molar-refractivity contribution in [3.05, 3.63) is 71.8 Å². The number of nitrogens with zero attached hydrogens (tertiary/aromatic N) is 1. The summed E-state index contributed by atoms with van der Waals surface area (Å²) < 4.78 is 0. The summed E-state index contributed by atoms with van der Waals surface area (Å²) in [6.07, 6.45) is 5.88. The number of Topliss-reactive ketones (excluding diaryl/α,β-unsaturated/α-hetero) is 3. The molecule has 1 amide bonds. The lowest BCUT2D eigenvalue weighted by atomic mass is 9.87. The van der Waals surface area contributed by atoms with Crippen molar-refractivity contribution in [2.45, 2.75) is 84.6 Å². The molecule has 3 atom stereocenters. The summed E-state index contributed by atoms with van der Waals surface area (Å²) in [6.45, 7) is 7.81. The normalized spacial score (nSPS) is 16.1. The third kappa shape index (κ3) is 11.7. The highest BCUT2D eigenvalue weighted by atomic mass is 16.2. The molecule has 2 aromatic carbocycles. The van der Waals surface area contributed by atoms with E-state index in [1.807, 2.05) is 74.5 Å². The van der Waals surface area contributed by atoms with Crippen LogP contribution >= 0.6 is 0 Å². The molecule has 0 unspecified atom stereocenters. The van der Waals surface area contributed by atoms with Crippen molar-refractivity contribution >= 4 is 23.3 Å². The van der Waals surface area contributed by atoms with E-state index >= 15 is 0 Å². The average Bonchev–Trinajstić information content (AvgIpc) is 2.95. The van der Waals surface area contributed by atoms with Gasteiger partial charge in [0.15, 0.2) is 5.78 Å². The van der Waals surface area contributed by atoms with E-state index in [2.05, 4.69) is 10.2 Å². The Morgan fingerprint density at radius 2 is 1.41 bits per heavy atom. The van der Waals surface area contributed by atoms with Gasteiger partial charge in [-0.3, -0.25) is 24.1 Å². The van der Waals surface area contributed by atoms with Crippen LogP contribution in [0.15, 0.2) is 60.7 Å². The fraction of sp³-hybridized carbons (Fsp3) is 0.543. The first-order chi connectivity index (χ1) is 19.7. The minimum absolute atomic E-state index is 0.0270. The number of piperidine rings is 1. The van der Waals surface area contributed by atoms with E-state index in [0.29, 0.717) is 32.2 Å². The van der Waals surface area contributed by atoms with Crippen molar-refractivity contribution in [3.63, 3.8) is 0 Å². The van der Waals surface area contributed by atoms with Crippen LogP contribution in [-0.2, 0) is 32.0 Å². The number of ketones is 3. The van der Waals surface area contributed by atoms with Crippen LogP contribution in [0.2, 0.25) is 0 Å². The molecule has 2 aromatic rings. The number of carbonyl (C=O) groups excluding carboxylic acids is 4. The molecule has 0 spiro atoms. The van der Waals surface area contributed by atoms with Gasteiger partial charge in [0.1, 0.15) is 11.6 Å². The van der Waals surface area contributed by atoms with Crippen LogP contribution in [0.1, 0.15) is 76.8 Å². The van der Waals surface area contributed by atoms with E-state index in [1.165, 1.54) is 13.3 Å². The van der Waals surface area contributed by atoms with Crippen LogP contribution in [0.5, 0.6) is 0 Å². The van der Waals surface area contributed by atoms with E-state index in [9.17, 15) is 19.2 Å². The molecule has 3 rings (SSSR count). The van der Waals surface area contributed by atoms with Gasteiger partial charge in [0.25, 0.3) is 0 Å². The predicted molar refractivity (Wildman–Crippen MR) is 163 cm³/mol. The molecule has 1 heterocycles. The van der Waals surface area contributed by atoms with Crippen molar-refractivity contribution in [3.8, 4) is 0 Å². The molecule has 0 saturated carbocycles. The highest BCUT2D eigenvalue weighted by Gasteiger charge is 2.30. The monoisotopic (exact) mass is 560 g/mol. The molecule has 222 valence electrons. The Balaban J connectivity index is 1.70. The molecule has 1 aliphatic rings. The molecule has 41 heavy (non-hydrogen) atoms. The Bertz CT molecular complexity index is 1110. The standard InChI is InChI=1S/C35H48N2O4/c1-26(2)21-33(34(40)24-31(27(3)38)22-29-15-9-5-10-16-29)36-35(41)30(18-17-28-13-7-4-8-14-28)23-32(39)25-37-19-11-6-12-20-37/h4-5,7-10,13-16,26,30-31,33H,6,11-12,17-25H2,1-3H3,(H,36,41)/t30-,31-,33+/m1/s1. The molecule has 0 radical (unpaired) electrons. The zero-order chi connectivity index (χ0) is 29.6. The molecule has 1 saturated heterocycles. The number of hydrogen-bond donors (Lipinski definition) is 1. The Morgan fingerprint density at radius 1 is 0.805 bits per heavy atom. The lowest BCUT2D eigenvalue weighted by Crippen LogP contribution is -2.46. The highest BCUT2D eigenvalue weighted by molar-refractivity contribution is 5.94. The molecular weight excluding hydrogens is 512 g/mol. The number of hydrogen-bond acceptors (Lipinski definition) is 5. The van der Waals surface area contributed by atoms with E-state index in [4.69, 9.17) is 0 Å². The summed E-state index contributed by atoms with van der Waals surface area (Å²) in [6, 6.07) is 19.0. The highest BCUT2D eigenvalue weighted by Crippen LogP contribution is 2.20. The Labute approximate surface area is 246 Å². The Hall–Kier alpha value is -3.12. The minimum atomic E-state index is -0.684. The van der Waals surface area contributed by atoms with Crippen molar-refractivity contribution in [1.29, 1.82) is 0 Å². The number of likely N-dealkylation sites (tertiary alicyclic amines) is 1. The first-order valence-electron chi connectivity index (χ1n) is 15.4. The van der Waals surface area contributed by atoms with Crippen LogP contribution in [0, 0.1) is 17.8 Å². The molecule has 1 aliphatic heterocycles. The number of nitrogens with one attached hydrogen (secondary N) is 1. The van der Waals surface area contributed by atoms with Gasteiger partial charge in [-0.25, -0.2) is 0 Å². The minimum Gasteiger partial charge on any atom is -0.346 e. The van der Waals surface area contributed by atoms with Gasteiger partial charge in [0, 0.05) is 24.7 Å². The lowest BCUT2D eigenvalue weighted by molar-refractivity contribution is -0.134. The molecule has 0 aliphatic carbocycles. The average molecular weight is 561 g/mol. The first-order valence-corrected chi connectivity index (χ1v) is 15.4. The third-order valence-corrected chi connectivity index (χ3v) is 8.08. The van der Waals surface area contributed by atoms with Crippen LogP contribution in [-0.4, -0.2) is 53.8 Å². The third-order valence-electron chi connectivity index (χ3n) is 8.08. The lowest BCUT2D eigenvalue weighted by Gasteiger charge is -2.27. The smallest absolute Gasteiger partial charge is 0.224 e. The topological polar surface area (TPSA) is 83.5 Å². The molecule has 0 aromatic heterocycles. The first kappa shape index (κ1) is 32.4. The number of aryl methyl sites for hydroxylation is 1. The van der Waals surface area contributed by atoms with E-state index in [0.717, 1.165) is 37.1 Å². The van der Waals surface area contributed by atoms with Gasteiger partial charge in [0.2, 0.25) is 5.91 Å². The molecule has 0 bridgehead atoms. The van der Waals surface area contributed by atoms with Gasteiger partial charge >= 0.3 is 0 Å². The van der Waals surface area contributed by atoms with Crippen LogP contribution in [0.3, 0.4) is 0 Å². The second-order valence-electron chi connectivity index (χ2n) is 12.2. The van der Waals surface area contributed by atoms with Gasteiger partial charge in [-0.1, -0.05) is 80.9 Å². The van der Waals surface area contributed by atoms with E-state index in [1.54, 1.807) is 0 Å². The molecule has 1 N–H and O–H groups in total. The summed E-state index contributed by atoms with van der Waals surface area (Å²) in [5, 5.41) is 3.04. The second-order valence-corrected chi connectivity index (χ2v) is 12.2. The molecular formula is C35H48N2O4. The summed E-state index contributed by atoms with van der Waals surface area (Å²) in [4.78, 5) is 55.0. The van der Waals surface area contributed by atoms with Crippen molar-refractivity contribution in [2.24, 2.45) is 17.8 Å². The maximum absolute atomic E-state index is 13.7. The number of amides is 1. The fourth-order valence-corrected chi connectivity index (χ4v) is 5.69. The van der Waals surface area contributed by atoms with Crippen molar-refractivity contribution in [1.82, 2.24) is 10.2 Å². The van der Waals surface area contributed by atoms with Gasteiger partial charge in [0.05, 0.1) is 12.6 Å². The van der Waals surface area contributed by atoms with Gasteiger partial charge in [-0.05, 0) is 75.6 Å². The quantitative estimate of drug-likeness (QED) is 0.272. The van der Waals surface area contributed by atoms with Gasteiger partial charge in [-0.2, -0.15) is 0 Å².